The van der Waals surface area contributed by atoms with Crippen LogP contribution in [0, 0.1) is 30.1 Å². The molecule has 1 aliphatic heterocycles. The molecule has 6 nitrogen and oxygen atoms in total. The highest BCUT2D eigenvalue weighted by molar-refractivity contribution is 5.87. The predicted octanol–water partition coefficient (Wildman–Crippen LogP) is 6.02. The summed E-state index contributed by atoms with van der Waals surface area (Å²) in [6, 6.07) is 12.8. The average Bonchev–Trinajstić information content (AvgIpc) is 3.31. The minimum Gasteiger partial charge on any atom is -0.357 e. The summed E-state index contributed by atoms with van der Waals surface area (Å²) in [5.41, 5.74) is 7.25. The molecule has 0 aromatic carbocycles. The van der Waals surface area contributed by atoms with Crippen molar-refractivity contribution in [3.8, 4) is 17.2 Å². The van der Waals surface area contributed by atoms with E-state index in [0.29, 0.717) is 17.4 Å². The summed E-state index contributed by atoms with van der Waals surface area (Å²) in [5.74, 6) is 2.32. The average molecular weight is 479 g/mol. The van der Waals surface area contributed by atoms with Crippen LogP contribution in [0.1, 0.15) is 55.5 Å². The van der Waals surface area contributed by atoms with Gasteiger partial charge in [0.05, 0.1) is 17.3 Å². The van der Waals surface area contributed by atoms with Gasteiger partial charge in [-0.15, -0.1) is 0 Å². The second kappa shape index (κ2) is 10.5. The Bertz CT molecular complexity index is 1360. The van der Waals surface area contributed by atoms with Crippen molar-refractivity contribution in [2.75, 3.05) is 18.0 Å². The minimum absolute atomic E-state index is 0.600. The van der Waals surface area contributed by atoms with Crippen LogP contribution in [0.15, 0.2) is 55.1 Å². The van der Waals surface area contributed by atoms with Crippen LogP contribution in [0.4, 0.5) is 5.82 Å². The van der Waals surface area contributed by atoms with Gasteiger partial charge in [-0.25, -0.2) is 9.50 Å². The zero-order valence-corrected chi connectivity index (χ0v) is 21.5. The van der Waals surface area contributed by atoms with E-state index >= 15 is 0 Å². The Balaban J connectivity index is 1.37. The summed E-state index contributed by atoms with van der Waals surface area (Å²) in [4.78, 5) is 11.8. The van der Waals surface area contributed by atoms with Crippen LogP contribution in [0.5, 0.6) is 0 Å². The van der Waals surface area contributed by atoms with E-state index in [2.05, 4.69) is 72.3 Å². The zero-order chi connectivity index (χ0) is 25.1. The lowest BCUT2D eigenvalue weighted by molar-refractivity contribution is 0.399. The number of aryl methyl sites for hydroxylation is 1. The van der Waals surface area contributed by atoms with Gasteiger partial charge in [-0.2, -0.15) is 10.4 Å². The Morgan fingerprint density at radius 2 is 1.92 bits per heavy atom. The minimum atomic E-state index is 0.600. The van der Waals surface area contributed by atoms with E-state index in [1.54, 1.807) is 6.20 Å². The number of rotatable bonds is 7. The van der Waals surface area contributed by atoms with E-state index in [4.69, 9.17) is 4.98 Å². The summed E-state index contributed by atoms with van der Waals surface area (Å²) in [6.07, 6.45) is 13.1. The SMILES string of the molecule is Cc1c(CCC(C)C)cn2ncc(C#N)c2c1-c1ccc(N2CCC(Cc3ccccn3)CC2)nc1. The molecule has 0 aliphatic carbocycles. The maximum atomic E-state index is 9.73. The van der Waals surface area contributed by atoms with Gasteiger partial charge < -0.3 is 4.90 Å². The Morgan fingerprint density at radius 1 is 1.08 bits per heavy atom. The first-order valence-corrected chi connectivity index (χ1v) is 13.0. The third kappa shape index (κ3) is 4.97. The summed E-state index contributed by atoms with van der Waals surface area (Å²) < 4.78 is 1.87. The molecule has 0 spiro atoms. The molecule has 184 valence electrons. The zero-order valence-electron chi connectivity index (χ0n) is 21.5. The van der Waals surface area contributed by atoms with Crippen LogP contribution in [0.2, 0.25) is 0 Å². The standard InChI is InChI=1S/C30H34N6/c1-21(2)7-8-25-20-36-30(26(17-31)19-34-36)29(22(25)3)24-9-10-28(33-18-24)35-14-11-23(12-15-35)16-27-6-4-5-13-32-27/h4-6,9-10,13,18-21,23H,7-8,11-12,14-16H2,1-3H3. The van der Waals surface area contributed by atoms with Gasteiger partial charge in [0.15, 0.2) is 0 Å². The highest BCUT2D eigenvalue weighted by Crippen LogP contribution is 2.34. The third-order valence-electron chi connectivity index (χ3n) is 7.48. The smallest absolute Gasteiger partial charge is 0.128 e. The van der Waals surface area contributed by atoms with Crippen LogP contribution in [-0.2, 0) is 12.8 Å². The molecule has 1 saturated heterocycles. The Hall–Kier alpha value is -3.72. The van der Waals surface area contributed by atoms with Crippen LogP contribution in [0.25, 0.3) is 16.6 Å². The quantitative estimate of drug-likeness (QED) is 0.325. The number of hydrogen-bond donors (Lipinski definition) is 0. The predicted molar refractivity (Wildman–Crippen MR) is 144 cm³/mol. The molecule has 0 saturated carbocycles. The van der Waals surface area contributed by atoms with Gasteiger partial charge in [0.25, 0.3) is 0 Å². The fourth-order valence-corrected chi connectivity index (χ4v) is 5.33. The second-order valence-electron chi connectivity index (χ2n) is 10.4. The van der Waals surface area contributed by atoms with Crippen LogP contribution in [-0.4, -0.2) is 32.7 Å². The lowest BCUT2D eigenvalue weighted by atomic mass is 9.92. The summed E-state index contributed by atoms with van der Waals surface area (Å²) in [6.45, 7) is 8.69. The Morgan fingerprint density at radius 3 is 2.58 bits per heavy atom. The number of anilines is 1. The first-order valence-electron chi connectivity index (χ1n) is 13.0. The molecule has 0 amide bonds. The molecule has 0 atom stereocenters. The van der Waals surface area contributed by atoms with E-state index < -0.39 is 0 Å². The first-order chi connectivity index (χ1) is 17.5. The molecule has 4 aromatic rings. The van der Waals surface area contributed by atoms with Crippen molar-refractivity contribution in [3.63, 3.8) is 0 Å². The van der Waals surface area contributed by atoms with Crippen LogP contribution in [0.3, 0.4) is 0 Å². The monoisotopic (exact) mass is 478 g/mol. The van der Waals surface area contributed by atoms with Crippen molar-refractivity contribution in [2.24, 2.45) is 11.8 Å². The summed E-state index contributed by atoms with van der Waals surface area (Å²) >= 11 is 0. The molecule has 0 N–H and O–H groups in total. The number of nitriles is 1. The van der Waals surface area contributed by atoms with E-state index in [9.17, 15) is 5.26 Å². The molecule has 0 radical (unpaired) electrons. The highest BCUT2D eigenvalue weighted by Gasteiger charge is 2.22. The lowest BCUT2D eigenvalue weighted by Gasteiger charge is -2.32. The molecular formula is C30H34N6. The molecule has 5 rings (SSSR count). The maximum absolute atomic E-state index is 9.73. The molecule has 4 aromatic heterocycles. The molecule has 0 bridgehead atoms. The summed E-state index contributed by atoms with van der Waals surface area (Å²) in [7, 11) is 0. The van der Waals surface area contributed by atoms with Crippen molar-refractivity contribution in [2.45, 2.75) is 52.9 Å². The van der Waals surface area contributed by atoms with Crippen molar-refractivity contribution in [1.82, 2.24) is 19.6 Å². The molecule has 6 heteroatoms. The van der Waals surface area contributed by atoms with Gasteiger partial charge in [-0.05, 0) is 86.3 Å². The molecule has 0 unspecified atom stereocenters. The van der Waals surface area contributed by atoms with E-state index in [1.165, 1.54) is 16.8 Å². The Labute approximate surface area is 213 Å². The second-order valence-corrected chi connectivity index (χ2v) is 10.4. The number of piperidine rings is 1. The normalized spacial score (nSPS) is 14.5. The van der Waals surface area contributed by atoms with Crippen LogP contribution < -0.4 is 4.90 Å². The first kappa shape index (κ1) is 24.0. The number of hydrogen-bond acceptors (Lipinski definition) is 5. The van der Waals surface area contributed by atoms with Gasteiger partial charge in [-0.1, -0.05) is 19.9 Å². The summed E-state index contributed by atoms with van der Waals surface area (Å²) in [5, 5.41) is 14.2. The van der Waals surface area contributed by atoms with Gasteiger partial charge in [0.1, 0.15) is 11.9 Å². The van der Waals surface area contributed by atoms with Gasteiger partial charge >= 0.3 is 0 Å². The molecular weight excluding hydrogens is 444 g/mol. The number of nitrogens with zero attached hydrogens (tertiary/aromatic N) is 6. The van der Waals surface area contributed by atoms with Gasteiger partial charge in [-0.3, -0.25) is 4.98 Å². The molecule has 36 heavy (non-hydrogen) atoms. The van der Waals surface area contributed by atoms with Crippen molar-refractivity contribution in [1.29, 1.82) is 5.26 Å². The fourth-order valence-electron chi connectivity index (χ4n) is 5.33. The third-order valence-corrected chi connectivity index (χ3v) is 7.48. The van der Waals surface area contributed by atoms with E-state index in [-0.39, 0.29) is 0 Å². The topological polar surface area (TPSA) is 70.1 Å². The molecule has 1 fully saturated rings. The number of fused-ring (bicyclic) bond motifs is 1. The number of aromatic nitrogens is 4. The van der Waals surface area contributed by atoms with E-state index in [1.807, 2.05) is 23.0 Å². The van der Waals surface area contributed by atoms with Gasteiger partial charge in [0, 0.05) is 48.5 Å². The van der Waals surface area contributed by atoms with Crippen molar-refractivity contribution < 1.29 is 0 Å². The van der Waals surface area contributed by atoms with Crippen LogP contribution >= 0.6 is 0 Å². The highest BCUT2D eigenvalue weighted by atomic mass is 15.2. The van der Waals surface area contributed by atoms with E-state index in [0.717, 1.165) is 67.7 Å². The maximum Gasteiger partial charge on any atom is 0.128 e. The Kier molecular flexibility index (Phi) is 6.99. The fraction of sp³-hybridized carbons (Fsp3) is 0.400. The molecule has 1 aliphatic rings. The lowest BCUT2D eigenvalue weighted by Crippen LogP contribution is -2.34. The number of pyridine rings is 3. The van der Waals surface area contributed by atoms with Crippen molar-refractivity contribution in [3.05, 3.63) is 77.5 Å². The largest absolute Gasteiger partial charge is 0.357 e. The molecule has 5 heterocycles. The van der Waals surface area contributed by atoms with Gasteiger partial charge in [0.2, 0.25) is 0 Å². The van der Waals surface area contributed by atoms with Crippen molar-refractivity contribution >= 4 is 11.3 Å².